The van der Waals surface area contributed by atoms with Crippen LogP contribution in [0.4, 0.5) is 0 Å². The van der Waals surface area contributed by atoms with Crippen molar-refractivity contribution in [3.63, 3.8) is 0 Å². The average molecular weight is 463 g/mol. The van der Waals surface area contributed by atoms with Gasteiger partial charge in [0.05, 0.1) is 0 Å². The third-order valence-electron chi connectivity index (χ3n) is 3.33. The van der Waals surface area contributed by atoms with Crippen molar-refractivity contribution >= 4 is 74.4 Å². The third kappa shape index (κ3) is 4.45. The van der Waals surface area contributed by atoms with Crippen molar-refractivity contribution in [2.45, 2.75) is 45.7 Å². The summed E-state index contributed by atoms with van der Waals surface area (Å²) < 4.78 is 3.62. The van der Waals surface area contributed by atoms with Crippen LogP contribution in [-0.2, 0) is 0 Å². The van der Waals surface area contributed by atoms with Gasteiger partial charge in [-0.1, -0.05) is 0 Å². The summed E-state index contributed by atoms with van der Waals surface area (Å²) >= 11 is 2.47. The molecule has 0 aromatic heterocycles. The second-order valence-electron chi connectivity index (χ2n) is 4.81. The molecule has 3 fully saturated rings. The van der Waals surface area contributed by atoms with E-state index in [1.165, 1.54) is 42.9 Å². The van der Waals surface area contributed by atoms with Gasteiger partial charge in [-0.05, 0) is 0 Å². The fraction of sp³-hybridized carbons (Fsp3) is 1.00. The Morgan fingerprint density at radius 1 is 0.833 bits per heavy atom. The first-order chi connectivity index (χ1) is 8.86. The van der Waals surface area contributed by atoms with Crippen molar-refractivity contribution < 1.29 is 0 Å². The van der Waals surface area contributed by atoms with Crippen LogP contribution in [-0.4, -0.2) is 40.7 Å². The second kappa shape index (κ2) is 7.95. The SMILES string of the molecule is C1CCS[S][Sn]([S]C2CCS2)([S]C2CCS2)[CH2]C1. The van der Waals surface area contributed by atoms with Crippen LogP contribution in [0.15, 0.2) is 0 Å². The number of hydrogen-bond donors (Lipinski definition) is 0. The monoisotopic (exact) mass is 464 g/mol. The molecule has 0 aromatic carbocycles. The normalized spacial score (nSPS) is 41.3. The van der Waals surface area contributed by atoms with Gasteiger partial charge < -0.3 is 0 Å². The molecule has 104 valence electrons. The summed E-state index contributed by atoms with van der Waals surface area (Å²) in [5, 5.41) is 0. The van der Waals surface area contributed by atoms with Gasteiger partial charge in [-0.25, -0.2) is 0 Å². The molecular formula is C11H20S6Sn. The summed E-state index contributed by atoms with van der Waals surface area (Å²) in [5.41, 5.74) is 0. The van der Waals surface area contributed by atoms with Crippen LogP contribution < -0.4 is 0 Å². The first-order valence-electron chi connectivity index (χ1n) is 6.76. The van der Waals surface area contributed by atoms with Crippen molar-refractivity contribution in [1.82, 2.24) is 0 Å². The molecule has 2 atom stereocenters. The molecule has 0 N–H and O–H groups in total. The van der Waals surface area contributed by atoms with E-state index in [4.69, 9.17) is 0 Å². The van der Waals surface area contributed by atoms with Gasteiger partial charge in [0.1, 0.15) is 0 Å². The fourth-order valence-corrected chi connectivity index (χ4v) is 71.5. The van der Waals surface area contributed by atoms with Crippen molar-refractivity contribution in [3.05, 3.63) is 0 Å². The van der Waals surface area contributed by atoms with Gasteiger partial charge in [0.15, 0.2) is 0 Å². The standard InChI is InChI=1S/C5H11S2.2C3H6S2.Sn/c1-2-3-4-5-7-6;2*4-3-1-2-5-3;/h6H,1-5H2;2*3-4H,1-2H2;/q;;;+3/p-3. The Morgan fingerprint density at radius 3 is 2.06 bits per heavy atom. The minimum atomic E-state index is -2.00. The zero-order valence-electron chi connectivity index (χ0n) is 10.5. The summed E-state index contributed by atoms with van der Waals surface area (Å²) in [6.07, 6.45) is 7.50. The topological polar surface area (TPSA) is 0 Å². The van der Waals surface area contributed by atoms with Gasteiger partial charge in [0.2, 0.25) is 0 Å². The van der Waals surface area contributed by atoms with Gasteiger partial charge in [0, 0.05) is 0 Å². The Hall–Kier alpha value is 2.90. The third-order valence-corrected chi connectivity index (χ3v) is 57.4. The minimum absolute atomic E-state index is 0.992. The van der Waals surface area contributed by atoms with E-state index in [1.807, 2.05) is 0 Å². The van der Waals surface area contributed by atoms with Crippen molar-refractivity contribution in [3.8, 4) is 0 Å². The molecule has 0 bridgehead atoms. The molecule has 0 nitrogen and oxygen atoms in total. The average Bonchev–Trinajstić information content (AvgIpc) is 2.22. The molecule has 18 heavy (non-hydrogen) atoms. The van der Waals surface area contributed by atoms with Gasteiger partial charge in [0.25, 0.3) is 0 Å². The summed E-state index contributed by atoms with van der Waals surface area (Å²) in [6.45, 7) is 0. The van der Waals surface area contributed by atoms with E-state index in [0.717, 1.165) is 9.16 Å². The fourth-order valence-electron chi connectivity index (χ4n) is 2.05. The summed E-state index contributed by atoms with van der Waals surface area (Å²) in [7, 11) is 9.70. The van der Waals surface area contributed by atoms with E-state index in [0.29, 0.717) is 0 Å². The molecular weight excluding hydrogens is 443 g/mol. The summed E-state index contributed by atoms with van der Waals surface area (Å²) in [4.78, 5) is 0. The summed E-state index contributed by atoms with van der Waals surface area (Å²) in [6, 6.07) is 0. The summed E-state index contributed by atoms with van der Waals surface area (Å²) in [5.74, 6) is 4.28. The number of hydrogen-bond acceptors (Lipinski definition) is 6. The van der Waals surface area contributed by atoms with E-state index in [-0.39, 0.29) is 0 Å². The van der Waals surface area contributed by atoms with Crippen LogP contribution in [0.1, 0.15) is 32.1 Å². The van der Waals surface area contributed by atoms with Crippen LogP contribution >= 0.6 is 60.2 Å². The molecule has 2 unspecified atom stereocenters. The Kier molecular flexibility index (Phi) is 6.97. The number of thioether (sulfide) groups is 2. The Labute approximate surface area is 135 Å². The van der Waals surface area contributed by atoms with Gasteiger partial charge in [-0.2, -0.15) is 0 Å². The van der Waals surface area contributed by atoms with E-state index in [1.54, 1.807) is 10.9 Å². The Bertz CT molecular complexity index is 242. The van der Waals surface area contributed by atoms with Crippen molar-refractivity contribution in [1.29, 1.82) is 0 Å². The molecule has 3 aliphatic heterocycles. The van der Waals surface area contributed by atoms with E-state index >= 15 is 0 Å². The van der Waals surface area contributed by atoms with Gasteiger partial charge in [-0.3, -0.25) is 0 Å². The zero-order valence-corrected chi connectivity index (χ0v) is 18.2. The predicted octanol–water partition coefficient (Wildman–Crippen LogP) is 5.88. The van der Waals surface area contributed by atoms with Crippen LogP contribution in [0.2, 0.25) is 4.44 Å². The molecule has 0 amide bonds. The Morgan fingerprint density at radius 2 is 1.50 bits per heavy atom. The van der Waals surface area contributed by atoms with E-state index in [9.17, 15) is 0 Å². The van der Waals surface area contributed by atoms with Crippen LogP contribution in [0.3, 0.4) is 0 Å². The van der Waals surface area contributed by atoms with Crippen LogP contribution in [0, 0.1) is 0 Å². The molecule has 3 saturated heterocycles. The van der Waals surface area contributed by atoms with E-state index < -0.39 is 14.2 Å². The molecule has 0 aliphatic carbocycles. The first-order valence-corrected chi connectivity index (χ1v) is 25.4. The maximum atomic E-state index is 2.52. The van der Waals surface area contributed by atoms with E-state index in [2.05, 4.69) is 60.2 Å². The molecule has 3 rings (SSSR count). The molecule has 3 aliphatic rings. The van der Waals surface area contributed by atoms with Crippen molar-refractivity contribution in [2.75, 3.05) is 17.3 Å². The van der Waals surface area contributed by atoms with Crippen LogP contribution in [0.25, 0.3) is 0 Å². The molecule has 3 heterocycles. The molecule has 0 aromatic rings. The Balaban J connectivity index is 1.62. The van der Waals surface area contributed by atoms with Gasteiger partial charge in [-0.15, -0.1) is 0 Å². The number of rotatable bonds is 4. The van der Waals surface area contributed by atoms with Crippen molar-refractivity contribution in [2.24, 2.45) is 0 Å². The van der Waals surface area contributed by atoms with Gasteiger partial charge >= 0.3 is 137 Å². The zero-order chi connectivity index (χ0) is 12.3. The van der Waals surface area contributed by atoms with Crippen LogP contribution in [0.5, 0.6) is 0 Å². The molecule has 0 spiro atoms. The maximum absolute atomic E-state index is 2.52. The molecule has 7 heteroatoms. The predicted molar refractivity (Wildman–Crippen MR) is 101 cm³/mol. The molecule has 0 saturated carbocycles. The molecule has 0 radical (unpaired) electrons. The quantitative estimate of drug-likeness (QED) is 0.374. The second-order valence-corrected chi connectivity index (χ2v) is 44.5. The first kappa shape index (κ1) is 15.8.